The van der Waals surface area contributed by atoms with Crippen LogP contribution in [0.2, 0.25) is 0 Å². The van der Waals surface area contributed by atoms with Crippen LogP contribution in [0.3, 0.4) is 0 Å². The first-order chi connectivity index (χ1) is 13.4. The third-order valence-corrected chi connectivity index (χ3v) is 6.07. The number of benzene rings is 2. The van der Waals surface area contributed by atoms with Crippen LogP contribution >= 0.6 is 11.8 Å². The molecule has 4 nitrogen and oxygen atoms in total. The number of hydrogen-bond acceptors (Lipinski definition) is 5. The fourth-order valence-corrected chi connectivity index (χ4v) is 5.07. The average Bonchev–Trinajstić information content (AvgIpc) is 2.64. The number of nitrogens with zero attached hydrogens (tertiary/aromatic N) is 1. The molecule has 146 valence electrons. The molecule has 5 heteroatoms. The summed E-state index contributed by atoms with van der Waals surface area (Å²) in [5.74, 6) is 1.88. The van der Waals surface area contributed by atoms with Gasteiger partial charge in [-0.05, 0) is 25.5 Å². The average molecular weight is 395 g/mol. The Labute approximate surface area is 170 Å². The third-order valence-electron chi connectivity index (χ3n) is 5.20. The summed E-state index contributed by atoms with van der Waals surface area (Å²) < 4.78 is 6.51. The van der Waals surface area contributed by atoms with E-state index < -0.39 is 5.72 Å². The largest absolute Gasteiger partial charge is 0.508 e. The Morgan fingerprint density at radius 1 is 1.29 bits per heavy atom. The van der Waals surface area contributed by atoms with Crippen LogP contribution in [0.1, 0.15) is 43.7 Å². The van der Waals surface area contributed by atoms with E-state index in [1.54, 1.807) is 23.9 Å². The molecule has 4 rings (SSSR count). The lowest BCUT2D eigenvalue weighted by molar-refractivity contribution is 0.0134. The first kappa shape index (κ1) is 18.9. The van der Waals surface area contributed by atoms with Crippen LogP contribution in [0.25, 0.3) is 0 Å². The first-order valence-corrected chi connectivity index (χ1v) is 10.6. The Hall–Kier alpha value is -2.40. The second-order valence-electron chi connectivity index (χ2n) is 8.14. The molecule has 2 aliphatic heterocycles. The van der Waals surface area contributed by atoms with Gasteiger partial charge in [0.15, 0.2) is 5.17 Å². The summed E-state index contributed by atoms with van der Waals surface area (Å²) in [4.78, 5) is 5.03. The molecule has 2 atom stereocenters. The quantitative estimate of drug-likeness (QED) is 0.715. The molecule has 0 aromatic heterocycles. The molecule has 0 aliphatic carbocycles. The molecular weight excluding hydrogens is 368 g/mol. The van der Waals surface area contributed by atoms with Crippen molar-refractivity contribution in [2.24, 2.45) is 4.99 Å². The van der Waals surface area contributed by atoms with Crippen LogP contribution in [0.4, 0.5) is 0 Å². The van der Waals surface area contributed by atoms with E-state index in [0.717, 1.165) is 35.1 Å². The molecule has 2 aromatic carbocycles. The van der Waals surface area contributed by atoms with Gasteiger partial charge in [0.1, 0.15) is 11.5 Å². The maximum atomic E-state index is 10.1. The molecule has 0 unspecified atom stereocenters. The smallest absolute Gasteiger partial charge is 0.206 e. The molecular formula is C23H26N2O2S. The van der Waals surface area contributed by atoms with Crippen molar-refractivity contribution < 1.29 is 9.84 Å². The first-order valence-electron chi connectivity index (χ1n) is 9.58. The minimum absolute atomic E-state index is 0.152. The highest BCUT2D eigenvalue weighted by atomic mass is 32.2. The fraction of sp³-hybridized carbons (Fsp3) is 0.348. The van der Waals surface area contributed by atoms with Crippen molar-refractivity contribution in [3.63, 3.8) is 0 Å². The zero-order valence-electron chi connectivity index (χ0n) is 16.3. The Bertz CT molecular complexity index is 910. The zero-order valence-corrected chi connectivity index (χ0v) is 17.1. The maximum absolute atomic E-state index is 10.1. The van der Waals surface area contributed by atoms with Gasteiger partial charge in [0, 0.05) is 41.7 Å². The number of thioether (sulfide) groups is 1. The van der Waals surface area contributed by atoms with Crippen LogP contribution in [0.15, 0.2) is 66.2 Å². The highest BCUT2D eigenvalue weighted by molar-refractivity contribution is 8.13. The van der Waals surface area contributed by atoms with E-state index in [0.29, 0.717) is 0 Å². The summed E-state index contributed by atoms with van der Waals surface area (Å²) in [6.07, 6.45) is 3.39. The third kappa shape index (κ3) is 3.76. The van der Waals surface area contributed by atoms with Crippen molar-refractivity contribution >= 4 is 16.9 Å². The van der Waals surface area contributed by atoms with Gasteiger partial charge in [-0.3, -0.25) is 0 Å². The number of fused-ring (bicyclic) bond motifs is 1. The molecule has 28 heavy (non-hydrogen) atoms. The number of hydrogen-bond donors (Lipinski definition) is 2. The summed E-state index contributed by atoms with van der Waals surface area (Å²) in [7, 11) is 0. The number of ether oxygens (including phenoxy) is 1. The summed E-state index contributed by atoms with van der Waals surface area (Å²) in [6, 6.07) is 15.9. The van der Waals surface area contributed by atoms with Crippen molar-refractivity contribution in [2.45, 2.75) is 43.9 Å². The molecule has 0 saturated heterocycles. The van der Waals surface area contributed by atoms with E-state index in [-0.39, 0.29) is 17.2 Å². The van der Waals surface area contributed by atoms with Gasteiger partial charge < -0.3 is 15.2 Å². The van der Waals surface area contributed by atoms with Crippen molar-refractivity contribution in [2.75, 3.05) is 5.75 Å². The molecule has 0 fully saturated rings. The van der Waals surface area contributed by atoms with Crippen LogP contribution < -0.4 is 10.1 Å². The molecule has 2 heterocycles. The van der Waals surface area contributed by atoms with Gasteiger partial charge in [-0.2, -0.15) is 0 Å². The lowest BCUT2D eigenvalue weighted by Gasteiger charge is -2.47. The normalized spacial score (nSPS) is 25.2. The standard InChI is InChI=1S/C23H26N2O2S/c1-4-12-28-21-24-22(2,3)15-23(25-21)14-19(16-8-6-5-7-9-16)18-11-10-17(26)13-20(18)27-23/h4-11,13,19,26H,1,12,14-15H2,2-3H3,(H,24,25)/t19-,23-/m0/s1. The van der Waals surface area contributed by atoms with E-state index in [2.05, 4.69) is 50.0 Å². The van der Waals surface area contributed by atoms with E-state index in [9.17, 15) is 5.11 Å². The van der Waals surface area contributed by atoms with Crippen LogP contribution in [0, 0.1) is 0 Å². The van der Waals surface area contributed by atoms with E-state index in [4.69, 9.17) is 9.73 Å². The summed E-state index contributed by atoms with van der Waals surface area (Å²) in [5, 5.41) is 14.5. The van der Waals surface area contributed by atoms with Crippen LogP contribution in [0.5, 0.6) is 11.5 Å². The monoisotopic (exact) mass is 394 g/mol. The summed E-state index contributed by atoms with van der Waals surface area (Å²) in [6.45, 7) is 8.17. The lowest BCUT2D eigenvalue weighted by atomic mass is 9.78. The second-order valence-corrected chi connectivity index (χ2v) is 9.15. The Morgan fingerprint density at radius 3 is 2.82 bits per heavy atom. The van der Waals surface area contributed by atoms with Gasteiger partial charge in [0.05, 0.1) is 0 Å². The molecule has 0 radical (unpaired) electrons. The fourth-order valence-electron chi connectivity index (χ4n) is 4.22. The van der Waals surface area contributed by atoms with Crippen molar-refractivity contribution in [3.8, 4) is 11.5 Å². The highest BCUT2D eigenvalue weighted by Gasteiger charge is 2.48. The lowest BCUT2D eigenvalue weighted by Crippen LogP contribution is -2.57. The van der Waals surface area contributed by atoms with E-state index in [1.165, 1.54) is 5.56 Å². The van der Waals surface area contributed by atoms with Gasteiger partial charge in [-0.15, -0.1) is 6.58 Å². The Morgan fingerprint density at radius 2 is 2.07 bits per heavy atom. The second kappa shape index (κ2) is 7.21. The maximum Gasteiger partial charge on any atom is 0.206 e. The van der Waals surface area contributed by atoms with Gasteiger partial charge in [-0.1, -0.05) is 54.2 Å². The molecule has 2 aliphatic rings. The molecule has 0 saturated carbocycles. The van der Waals surface area contributed by atoms with Crippen LogP contribution in [-0.2, 0) is 0 Å². The topological polar surface area (TPSA) is 53.9 Å². The number of aliphatic imine (C=N–C) groups is 1. The van der Waals surface area contributed by atoms with Crippen LogP contribution in [-0.4, -0.2) is 27.3 Å². The molecule has 2 aromatic rings. The molecule has 0 amide bonds. The number of nitrogens with one attached hydrogen (secondary N) is 1. The predicted octanol–water partition coefficient (Wildman–Crippen LogP) is 5.05. The molecule has 0 bridgehead atoms. The Kier molecular flexibility index (Phi) is 4.88. The number of phenolic OH excluding ortho intramolecular Hbond substituents is 1. The number of amidine groups is 1. The van der Waals surface area contributed by atoms with Gasteiger partial charge in [-0.25, -0.2) is 4.99 Å². The SMILES string of the molecule is C=CCSC1=N[C@]2(C[C@@H](c3ccccc3)c3ccc(O)cc3O2)CC(C)(C)N1. The number of phenols is 1. The van der Waals surface area contributed by atoms with E-state index in [1.807, 2.05) is 18.2 Å². The predicted molar refractivity (Wildman–Crippen MR) is 116 cm³/mol. The van der Waals surface area contributed by atoms with Gasteiger partial charge >= 0.3 is 0 Å². The highest BCUT2D eigenvalue weighted by Crippen LogP contribution is 2.49. The minimum atomic E-state index is -0.667. The van der Waals surface area contributed by atoms with Crippen molar-refractivity contribution in [1.29, 1.82) is 0 Å². The molecule has 2 N–H and O–H groups in total. The van der Waals surface area contributed by atoms with Gasteiger partial charge in [0.25, 0.3) is 0 Å². The van der Waals surface area contributed by atoms with Crippen molar-refractivity contribution in [3.05, 3.63) is 72.3 Å². The Balaban J connectivity index is 1.81. The summed E-state index contributed by atoms with van der Waals surface area (Å²) in [5.41, 5.74) is 1.52. The minimum Gasteiger partial charge on any atom is -0.508 e. The number of rotatable bonds is 3. The molecule has 1 spiro atoms. The summed E-state index contributed by atoms with van der Waals surface area (Å²) >= 11 is 1.64. The van der Waals surface area contributed by atoms with Crippen molar-refractivity contribution in [1.82, 2.24) is 5.32 Å². The van der Waals surface area contributed by atoms with E-state index >= 15 is 0 Å². The number of aromatic hydroxyl groups is 1. The van der Waals surface area contributed by atoms with Gasteiger partial charge in [0.2, 0.25) is 5.72 Å². The zero-order chi connectivity index (χ0) is 19.8.